The van der Waals surface area contributed by atoms with Crippen LogP contribution in [0.15, 0.2) is 51.4 Å². The van der Waals surface area contributed by atoms with Crippen molar-refractivity contribution in [1.82, 2.24) is 14.9 Å². The molecular formula is C31H34BrN3O4. The standard InChI is InChI=1S/C31H34BrN3O4/c1-6-24-34-26(19-13-14-19)27(29(36)33-7-2)35(24)17-18-12-15-23-22(16-18)25(32)28(38-23)20-10-8-9-11-21(20)30(37)39-31(3,4)5/h8-12,15-16,19H,6-7,13-14,17H2,1-5H3,(H,33,36). The molecule has 39 heavy (non-hydrogen) atoms. The van der Waals surface area contributed by atoms with Crippen molar-refractivity contribution >= 4 is 38.8 Å². The zero-order valence-electron chi connectivity index (χ0n) is 23.1. The molecule has 0 unspecified atom stereocenters. The summed E-state index contributed by atoms with van der Waals surface area (Å²) in [5, 5.41) is 3.87. The molecule has 1 aliphatic carbocycles. The number of nitrogens with zero attached hydrogens (tertiary/aromatic N) is 2. The van der Waals surface area contributed by atoms with Crippen LogP contribution < -0.4 is 5.32 Å². The third-order valence-corrected chi connectivity index (χ3v) is 7.52. The number of imidazole rings is 1. The van der Waals surface area contributed by atoms with Crippen molar-refractivity contribution in [2.24, 2.45) is 0 Å². The molecular weight excluding hydrogens is 558 g/mol. The van der Waals surface area contributed by atoms with Crippen LogP contribution in [0.5, 0.6) is 0 Å². The number of hydrogen-bond acceptors (Lipinski definition) is 5. The Morgan fingerprint density at radius 2 is 1.90 bits per heavy atom. The summed E-state index contributed by atoms with van der Waals surface area (Å²) in [6.45, 7) is 10.6. The number of aryl methyl sites for hydroxylation is 1. The zero-order valence-corrected chi connectivity index (χ0v) is 24.6. The Kier molecular flexibility index (Phi) is 7.42. The van der Waals surface area contributed by atoms with Crippen LogP contribution in [-0.4, -0.2) is 33.6 Å². The number of carbonyl (C=O) groups excluding carboxylic acids is 2. The number of aromatic nitrogens is 2. The summed E-state index contributed by atoms with van der Waals surface area (Å²) in [5.74, 6) is 1.38. The van der Waals surface area contributed by atoms with Crippen molar-refractivity contribution in [2.45, 2.75) is 71.9 Å². The number of hydrogen-bond donors (Lipinski definition) is 1. The van der Waals surface area contributed by atoms with E-state index in [2.05, 4.69) is 38.8 Å². The molecule has 2 heterocycles. The topological polar surface area (TPSA) is 86.4 Å². The molecule has 1 N–H and O–H groups in total. The van der Waals surface area contributed by atoms with Crippen LogP contribution in [0.4, 0.5) is 0 Å². The van der Waals surface area contributed by atoms with E-state index in [1.165, 1.54) is 0 Å². The summed E-state index contributed by atoms with van der Waals surface area (Å²) in [5.41, 5.74) is 3.81. The van der Waals surface area contributed by atoms with Crippen molar-refractivity contribution < 1.29 is 18.7 Å². The van der Waals surface area contributed by atoms with Gasteiger partial charge in [0.2, 0.25) is 0 Å². The van der Waals surface area contributed by atoms with Crippen LogP contribution in [0.25, 0.3) is 22.3 Å². The van der Waals surface area contributed by atoms with Gasteiger partial charge >= 0.3 is 5.97 Å². The molecule has 2 aromatic carbocycles. The minimum atomic E-state index is -0.610. The second kappa shape index (κ2) is 10.6. The maximum absolute atomic E-state index is 13.1. The molecule has 1 saturated carbocycles. The number of furan rings is 1. The number of nitrogens with one attached hydrogen (secondary N) is 1. The van der Waals surface area contributed by atoms with Gasteiger partial charge < -0.3 is 19.0 Å². The monoisotopic (exact) mass is 591 g/mol. The van der Waals surface area contributed by atoms with E-state index in [9.17, 15) is 9.59 Å². The maximum Gasteiger partial charge on any atom is 0.339 e. The van der Waals surface area contributed by atoms with Crippen molar-refractivity contribution in [3.8, 4) is 11.3 Å². The van der Waals surface area contributed by atoms with Crippen LogP contribution in [0.1, 0.15) is 91.3 Å². The van der Waals surface area contributed by atoms with Crippen LogP contribution in [0.3, 0.4) is 0 Å². The first-order valence-corrected chi connectivity index (χ1v) is 14.3. The molecule has 1 amide bonds. The van der Waals surface area contributed by atoms with Crippen LogP contribution in [0.2, 0.25) is 0 Å². The predicted octanol–water partition coefficient (Wildman–Crippen LogP) is 7.25. The molecule has 1 fully saturated rings. The van der Waals surface area contributed by atoms with E-state index in [1.807, 2.05) is 58.0 Å². The SMILES string of the molecule is CCNC(=O)c1c(C2CC2)nc(CC)n1Cc1ccc2oc(-c3ccccc3C(=O)OC(C)(C)C)c(Br)c2c1. The maximum atomic E-state index is 13.1. The summed E-state index contributed by atoms with van der Waals surface area (Å²) in [6.07, 6.45) is 2.89. The minimum Gasteiger partial charge on any atom is -0.456 e. The van der Waals surface area contributed by atoms with Gasteiger partial charge in [-0.2, -0.15) is 0 Å². The fourth-order valence-electron chi connectivity index (χ4n) is 4.85. The normalized spacial score (nSPS) is 13.6. The molecule has 0 bridgehead atoms. The first kappa shape index (κ1) is 27.2. The highest BCUT2D eigenvalue weighted by Crippen LogP contribution is 2.42. The molecule has 0 saturated heterocycles. The van der Waals surface area contributed by atoms with E-state index in [4.69, 9.17) is 14.1 Å². The number of esters is 1. The van der Waals surface area contributed by atoms with Gasteiger partial charge in [-0.3, -0.25) is 4.79 Å². The lowest BCUT2D eigenvalue weighted by Crippen LogP contribution is -2.27. The van der Waals surface area contributed by atoms with E-state index in [0.29, 0.717) is 47.2 Å². The van der Waals surface area contributed by atoms with E-state index in [1.54, 1.807) is 6.07 Å². The summed E-state index contributed by atoms with van der Waals surface area (Å²) in [6, 6.07) is 13.3. The predicted molar refractivity (Wildman–Crippen MR) is 155 cm³/mol. The first-order chi connectivity index (χ1) is 18.6. The number of fused-ring (bicyclic) bond motifs is 1. The fourth-order valence-corrected chi connectivity index (χ4v) is 5.45. The summed E-state index contributed by atoms with van der Waals surface area (Å²) >= 11 is 3.74. The molecule has 8 heteroatoms. The van der Waals surface area contributed by atoms with E-state index in [0.717, 1.165) is 46.2 Å². The van der Waals surface area contributed by atoms with Crippen molar-refractivity contribution in [2.75, 3.05) is 6.54 Å². The van der Waals surface area contributed by atoms with Gasteiger partial charge in [-0.25, -0.2) is 9.78 Å². The number of rotatable bonds is 8. The molecule has 0 aliphatic heterocycles. The van der Waals surface area contributed by atoms with Crippen LogP contribution in [0, 0.1) is 0 Å². The Labute approximate surface area is 237 Å². The molecule has 0 spiro atoms. The Balaban J connectivity index is 1.54. The molecule has 5 rings (SSSR count). The Morgan fingerprint density at radius 3 is 2.56 bits per heavy atom. The van der Waals surface area contributed by atoms with Crippen molar-refractivity contribution in [3.63, 3.8) is 0 Å². The quantitative estimate of drug-likeness (QED) is 0.218. The van der Waals surface area contributed by atoms with E-state index in [-0.39, 0.29) is 5.91 Å². The number of halogens is 1. The molecule has 204 valence electrons. The van der Waals surface area contributed by atoms with E-state index < -0.39 is 11.6 Å². The van der Waals surface area contributed by atoms with Gasteiger partial charge in [0.1, 0.15) is 28.5 Å². The van der Waals surface area contributed by atoms with Gasteiger partial charge in [0, 0.05) is 36.4 Å². The number of carbonyl (C=O) groups is 2. The van der Waals surface area contributed by atoms with Gasteiger partial charge in [-0.1, -0.05) is 31.2 Å². The molecule has 1 aliphatic rings. The highest BCUT2D eigenvalue weighted by atomic mass is 79.9. The molecule has 4 aromatic rings. The lowest BCUT2D eigenvalue weighted by molar-refractivity contribution is 0.00701. The second-order valence-electron chi connectivity index (χ2n) is 11.0. The summed E-state index contributed by atoms with van der Waals surface area (Å²) in [4.78, 5) is 31.0. The highest BCUT2D eigenvalue weighted by Gasteiger charge is 2.34. The summed E-state index contributed by atoms with van der Waals surface area (Å²) in [7, 11) is 0. The number of ether oxygens (including phenoxy) is 1. The van der Waals surface area contributed by atoms with Crippen LogP contribution >= 0.6 is 15.9 Å². The van der Waals surface area contributed by atoms with Gasteiger partial charge in [0.15, 0.2) is 0 Å². The van der Waals surface area contributed by atoms with Gasteiger partial charge in [-0.15, -0.1) is 0 Å². The fraction of sp³-hybridized carbons (Fsp3) is 0.387. The Hall–Kier alpha value is -3.39. The van der Waals surface area contributed by atoms with Crippen LogP contribution in [-0.2, 0) is 17.7 Å². The molecule has 2 aromatic heterocycles. The lowest BCUT2D eigenvalue weighted by Gasteiger charge is -2.20. The van der Waals surface area contributed by atoms with Crippen molar-refractivity contribution in [1.29, 1.82) is 0 Å². The smallest absolute Gasteiger partial charge is 0.339 e. The minimum absolute atomic E-state index is 0.0711. The first-order valence-electron chi connectivity index (χ1n) is 13.5. The Morgan fingerprint density at radius 1 is 1.15 bits per heavy atom. The zero-order chi connectivity index (χ0) is 27.9. The lowest BCUT2D eigenvalue weighted by atomic mass is 10.0. The molecule has 0 atom stereocenters. The molecule has 0 radical (unpaired) electrons. The van der Waals surface area contributed by atoms with Gasteiger partial charge in [0.25, 0.3) is 5.91 Å². The van der Waals surface area contributed by atoms with Gasteiger partial charge in [-0.05, 0) is 80.2 Å². The van der Waals surface area contributed by atoms with Crippen molar-refractivity contribution in [3.05, 3.63) is 75.3 Å². The number of amides is 1. The largest absolute Gasteiger partial charge is 0.456 e. The Bertz CT molecular complexity index is 1560. The molecule has 7 nitrogen and oxygen atoms in total. The van der Waals surface area contributed by atoms with E-state index >= 15 is 0 Å². The average molecular weight is 593 g/mol. The average Bonchev–Trinajstić information content (AvgIpc) is 3.60. The third kappa shape index (κ3) is 5.53. The van der Waals surface area contributed by atoms with Gasteiger partial charge in [0.05, 0.1) is 15.7 Å². The summed E-state index contributed by atoms with van der Waals surface area (Å²) < 4.78 is 14.7. The highest BCUT2D eigenvalue weighted by molar-refractivity contribution is 9.10. The number of benzene rings is 2. The second-order valence-corrected chi connectivity index (χ2v) is 11.8. The third-order valence-electron chi connectivity index (χ3n) is 6.73.